The highest BCUT2D eigenvalue weighted by Gasteiger charge is 2.27. The zero-order valence-electron chi connectivity index (χ0n) is 12.1. The molecular formula is C13H15NO8S. The van der Waals surface area contributed by atoms with E-state index >= 15 is 0 Å². The van der Waals surface area contributed by atoms with Gasteiger partial charge in [0.05, 0.1) is 17.7 Å². The Morgan fingerprint density at radius 3 is 2.26 bits per heavy atom. The summed E-state index contributed by atoms with van der Waals surface area (Å²) >= 11 is 0. The molecule has 1 atom stereocenters. The number of carbonyl (C=O) groups is 3. The molecule has 1 amide bonds. The number of aliphatic carboxylic acids is 1. The average Bonchev–Trinajstić information content (AvgIpc) is 2.45. The summed E-state index contributed by atoms with van der Waals surface area (Å²) in [5, 5.41) is 10.9. The molecule has 1 aromatic carbocycles. The number of hydrogen-bond donors (Lipinski definition) is 3. The molecule has 0 saturated heterocycles. The first-order valence-electron chi connectivity index (χ1n) is 6.40. The monoisotopic (exact) mass is 345 g/mol. The van der Waals surface area contributed by atoms with Gasteiger partial charge >= 0.3 is 11.9 Å². The summed E-state index contributed by atoms with van der Waals surface area (Å²) < 4.78 is 35.1. The van der Waals surface area contributed by atoms with Gasteiger partial charge in [-0.3, -0.25) is 9.35 Å². The van der Waals surface area contributed by atoms with Crippen LogP contribution in [0.1, 0.15) is 27.6 Å². The summed E-state index contributed by atoms with van der Waals surface area (Å²) in [6, 6.07) is 3.62. The Bertz CT molecular complexity index is 712. The number of ether oxygens (including phenoxy) is 1. The van der Waals surface area contributed by atoms with Gasteiger partial charge in [-0.05, 0) is 19.1 Å². The number of rotatable bonds is 7. The summed E-state index contributed by atoms with van der Waals surface area (Å²) in [6.45, 7) is 1.66. The van der Waals surface area contributed by atoms with Crippen molar-refractivity contribution >= 4 is 28.0 Å². The Labute approximate surface area is 132 Å². The lowest BCUT2D eigenvalue weighted by Gasteiger charge is -2.14. The molecule has 0 saturated carbocycles. The molecule has 0 spiro atoms. The maximum Gasteiger partial charge on any atom is 0.338 e. The number of carbonyl (C=O) groups excluding carboxylic acids is 2. The molecule has 10 heteroatoms. The smallest absolute Gasteiger partial charge is 0.338 e. The van der Waals surface area contributed by atoms with Crippen molar-refractivity contribution in [2.45, 2.75) is 13.0 Å². The molecule has 1 aromatic rings. The van der Waals surface area contributed by atoms with Gasteiger partial charge in [-0.25, -0.2) is 9.59 Å². The van der Waals surface area contributed by atoms with Crippen molar-refractivity contribution in [3.8, 4) is 0 Å². The van der Waals surface area contributed by atoms with E-state index in [2.05, 4.69) is 0 Å². The number of hydrogen-bond acceptors (Lipinski definition) is 6. The van der Waals surface area contributed by atoms with Gasteiger partial charge in [0.1, 0.15) is 11.8 Å². The van der Waals surface area contributed by atoms with Crippen LogP contribution in [0.25, 0.3) is 0 Å². The molecule has 0 unspecified atom stereocenters. The lowest BCUT2D eigenvalue weighted by atomic mass is 10.1. The summed E-state index contributed by atoms with van der Waals surface area (Å²) in [6.07, 6.45) is 0. The van der Waals surface area contributed by atoms with Crippen molar-refractivity contribution < 1.29 is 37.2 Å². The Kier molecular flexibility index (Phi) is 6.22. The first-order valence-corrected chi connectivity index (χ1v) is 8.01. The van der Waals surface area contributed by atoms with E-state index in [1.165, 1.54) is 24.3 Å². The van der Waals surface area contributed by atoms with Crippen molar-refractivity contribution in [1.82, 2.24) is 5.32 Å². The number of carboxylic acid groups (broad SMARTS) is 1. The van der Waals surface area contributed by atoms with Gasteiger partial charge in [-0.15, -0.1) is 0 Å². The first kappa shape index (κ1) is 18.6. The van der Waals surface area contributed by atoms with Gasteiger partial charge in [-0.2, -0.15) is 8.42 Å². The molecule has 0 fully saturated rings. The van der Waals surface area contributed by atoms with Crippen LogP contribution in [0.4, 0.5) is 0 Å². The van der Waals surface area contributed by atoms with E-state index in [1.54, 1.807) is 6.92 Å². The Hall–Kier alpha value is -2.46. The van der Waals surface area contributed by atoms with E-state index in [4.69, 9.17) is 14.4 Å². The van der Waals surface area contributed by atoms with E-state index < -0.39 is 39.8 Å². The summed E-state index contributed by atoms with van der Waals surface area (Å²) in [5.41, 5.74) is -0.268. The molecular weight excluding hydrogens is 330 g/mol. The minimum Gasteiger partial charge on any atom is -0.480 e. The third kappa shape index (κ3) is 5.68. The van der Waals surface area contributed by atoms with Crippen LogP contribution in [-0.4, -0.2) is 54.3 Å². The first-order chi connectivity index (χ1) is 10.7. The molecule has 126 valence electrons. The molecule has 0 heterocycles. The number of esters is 1. The highest BCUT2D eigenvalue weighted by Crippen LogP contribution is 2.11. The summed E-state index contributed by atoms with van der Waals surface area (Å²) in [4.78, 5) is 34.9. The van der Waals surface area contributed by atoms with Crippen LogP contribution >= 0.6 is 0 Å². The van der Waals surface area contributed by atoms with Crippen molar-refractivity contribution in [3.05, 3.63) is 35.4 Å². The predicted octanol–water partition coefficient (Wildman–Crippen LogP) is -0.0659. The summed E-state index contributed by atoms with van der Waals surface area (Å²) in [5.74, 6) is -4.61. The second kappa shape index (κ2) is 7.70. The molecule has 23 heavy (non-hydrogen) atoms. The fourth-order valence-electron chi connectivity index (χ4n) is 1.69. The molecule has 0 aliphatic rings. The van der Waals surface area contributed by atoms with E-state index in [0.29, 0.717) is 0 Å². The highest BCUT2D eigenvalue weighted by atomic mass is 32.2. The van der Waals surface area contributed by atoms with Gasteiger partial charge in [0, 0.05) is 0 Å². The quantitative estimate of drug-likeness (QED) is 0.460. The van der Waals surface area contributed by atoms with Gasteiger partial charge in [0.25, 0.3) is 16.0 Å². The zero-order valence-corrected chi connectivity index (χ0v) is 12.9. The molecule has 0 aliphatic carbocycles. The predicted molar refractivity (Wildman–Crippen MR) is 77.7 cm³/mol. The van der Waals surface area contributed by atoms with Crippen LogP contribution in [0.2, 0.25) is 0 Å². The fraction of sp³-hybridized carbons (Fsp3) is 0.308. The van der Waals surface area contributed by atoms with Gasteiger partial charge in [0.15, 0.2) is 0 Å². The minimum atomic E-state index is -4.62. The fourth-order valence-corrected chi connectivity index (χ4v) is 2.34. The number of amides is 1. The molecule has 1 rings (SSSR count). The van der Waals surface area contributed by atoms with Gasteiger partial charge in [0.2, 0.25) is 0 Å². The minimum absolute atomic E-state index is 0.0787. The van der Waals surface area contributed by atoms with E-state index in [0.717, 1.165) is 0 Å². The van der Waals surface area contributed by atoms with Crippen molar-refractivity contribution in [2.24, 2.45) is 0 Å². The van der Waals surface area contributed by atoms with Crippen LogP contribution in [0.3, 0.4) is 0 Å². The molecule has 0 radical (unpaired) electrons. The molecule has 3 N–H and O–H groups in total. The van der Waals surface area contributed by atoms with Crippen molar-refractivity contribution in [1.29, 1.82) is 0 Å². The largest absolute Gasteiger partial charge is 0.480 e. The lowest BCUT2D eigenvalue weighted by molar-refractivity contribution is -0.138. The lowest BCUT2D eigenvalue weighted by Crippen LogP contribution is -2.45. The maximum atomic E-state index is 12.1. The second-order valence-electron chi connectivity index (χ2n) is 4.38. The van der Waals surface area contributed by atoms with E-state index in [1.807, 2.05) is 5.32 Å². The van der Waals surface area contributed by atoms with Crippen molar-refractivity contribution in [3.63, 3.8) is 0 Å². The van der Waals surface area contributed by atoms with Crippen molar-refractivity contribution in [2.75, 3.05) is 12.4 Å². The van der Waals surface area contributed by atoms with E-state index in [9.17, 15) is 22.8 Å². The van der Waals surface area contributed by atoms with Gasteiger partial charge < -0.3 is 15.2 Å². The zero-order chi connectivity index (χ0) is 17.6. The Morgan fingerprint density at radius 1 is 1.22 bits per heavy atom. The standard InChI is InChI=1S/C13H15NO8S/c1-2-22-13(18)9-6-4-3-5-8(9)11(15)14-10(12(16)17)7-23(19,20)21/h3-6,10H,2,7H2,1H3,(H,14,15)(H,16,17)(H,19,20,21)/t10-/m0/s1. The Morgan fingerprint density at radius 2 is 1.78 bits per heavy atom. The molecule has 0 bridgehead atoms. The molecule has 9 nitrogen and oxygen atoms in total. The average molecular weight is 345 g/mol. The highest BCUT2D eigenvalue weighted by molar-refractivity contribution is 7.85. The van der Waals surface area contributed by atoms with E-state index in [-0.39, 0.29) is 17.7 Å². The third-order valence-corrected chi connectivity index (χ3v) is 3.40. The number of nitrogens with one attached hydrogen (secondary N) is 1. The number of benzene rings is 1. The number of carboxylic acids is 1. The van der Waals surface area contributed by atoms with Crippen LogP contribution in [0.5, 0.6) is 0 Å². The molecule has 0 aromatic heterocycles. The second-order valence-corrected chi connectivity index (χ2v) is 5.88. The topological polar surface area (TPSA) is 147 Å². The maximum absolute atomic E-state index is 12.1. The summed E-state index contributed by atoms with van der Waals surface area (Å²) in [7, 11) is -4.62. The van der Waals surface area contributed by atoms with Gasteiger partial charge in [-0.1, -0.05) is 12.1 Å². The van der Waals surface area contributed by atoms with Crippen LogP contribution < -0.4 is 5.32 Å². The van der Waals surface area contributed by atoms with Crippen LogP contribution in [-0.2, 0) is 19.6 Å². The Balaban J connectivity index is 3.05. The SMILES string of the molecule is CCOC(=O)c1ccccc1C(=O)N[C@@H](CS(=O)(=O)O)C(=O)O. The molecule has 0 aliphatic heterocycles. The van der Waals surface area contributed by atoms with Crippen LogP contribution in [0.15, 0.2) is 24.3 Å². The third-order valence-electron chi connectivity index (χ3n) is 2.65. The normalized spacial score (nSPS) is 12.3. The van der Waals surface area contributed by atoms with Crippen LogP contribution in [0, 0.1) is 0 Å².